The average Bonchev–Trinajstić information content (AvgIpc) is 2.55. The minimum Gasteiger partial charge on any atom is -0.368 e. The van der Waals surface area contributed by atoms with Gasteiger partial charge in [0.15, 0.2) is 0 Å². The molecule has 5 heteroatoms. The van der Waals surface area contributed by atoms with E-state index in [1.54, 1.807) is 0 Å². The molecule has 1 aromatic heterocycles. The lowest BCUT2D eigenvalue weighted by Crippen LogP contribution is -2.46. The van der Waals surface area contributed by atoms with Crippen LogP contribution in [0.25, 0.3) is 0 Å². The third-order valence-corrected chi connectivity index (χ3v) is 3.85. The third kappa shape index (κ3) is 3.08. The number of hydrogen-bond acceptors (Lipinski definition) is 5. The number of hydrazine groups is 1. The Kier molecular flexibility index (Phi) is 3.92. The highest BCUT2D eigenvalue weighted by atomic mass is 15.3. The van der Waals surface area contributed by atoms with Crippen LogP contribution in [0.3, 0.4) is 0 Å². The summed E-state index contributed by atoms with van der Waals surface area (Å²) in [5.41, 5.74) is 5.21. The summed E-state index contributed by atoms with van der Waals surface area (Å²) in [7, 11) is 0. The highest BCUT2D eigenvalue weighted by Gasteiger charge is 2.18. The van der Waals surface area contributed by atoms with Gasteiger partial charge in [0.05, 0.1) is 0 Å². The fourth-order valence-electron chi connectivity index (χ4n) is 2.70. The molecule has 0 unspecified atom stereocenters. The summed E-state index contributed by atoms with van der Waals surface area (Å²) < 4.78 is 0. The molecule has 3 rings (SSSR count). The van der Waals surface area contributed by atoms with E-state index in [1.807, 2.05) is 18.2 Å². The van der Waals surface area contributed by atoms with Gasteiger partial charge in [0.25, 0.3) is 0 Å². The van der Waals surface area contributed by atoms with Crippen molar-refractivity contribution >= 4 is 17.3 Å². The maximum Gasteiger partial charge on any atom is 0.142 e. The van der Waals surface area contributed by atoms with E-state index in [0.29, 0.717) is 5.82 Å². The average molecular weight is 283 g/mol. The molecule has 2 heterocycles. The number of pyridine rings is 1. The first-order valence-electron chi connectivity index (χ1n) is 7.26. The summed E-state index contributed by atoms with van der Waals surface area (Å²) in [5.74, 6) is 7.10. The van der Waals surface area contributed by atoms with Crippen LogP contribution in [0, 0.1) is 6.92 Å². The monoisotopic (exact) mass is 283 g/mol. The molecular formula is C16H21N5. The SMILES string of the molecule is Cc1cccc(N2CCN(c3cccc(NN)n3)CC2)c1. The lowest BCUT2D eigenvalue weighted by atomic mass is 10.2. The van der Waals surface area contributed by atoms with Crippen molar-refractivity contribution in [1.29, 1.82) is 0 Å². The Labute approximate surface area is 125 Å². The summed E-state index contributed by atoms with van der Waals surface area (Å²) in [6, 6.07) is 14.6. The second-order valence-electron chi connectivity index (χ2n) is 5.34. The van der Waals surface area contributed by atoms with Gasteiger partial charge in [-0.15, -0.1) is 0 Å². The molecule has 0 amide bonds. The number of piperazine rings is 1. The predicted molar refractivity (Wildman–Crippen MR) is 87.7 cm³/mol. The van der Waals surface area contributed by atoms with Crippen molar-refractivity contribution in [2.24, 2.45) is 5.84 Å². The Morgan fingerprint density at radius 2 is 1.71 bits per heavy atom. The van der Waals surface area contributed by atoms with E-state index >= 15 is 0 Å². The van der Waals surface area contributed by atoms with Crippen LogP contribution in [0.15, 0.2) is 42.5 Å². The molecule has 1 aliphatic rings. The number of rotatable bonds is 3. The number of nitrogens with two attached hydrogens (primary N) is 1. The second-order valence-corrected chi connectivity index (χ2v) is 5.34. The van der Waals surface area contributed by atoms with Gasteiger partial charge in [0.1, 0.15) is 11.6 Å². The standard InChI is InChI=1S/C16H21N5/c1-13-4-2-5-14(12-13)20-8-10-21(11-9-20)16-7-3-6-15(18-16)19-17/h2-7,12H,8-11,17H2,1H3,(H,18,19). The van der Waals surface area contributed by atoms with Gasteiger partial charge in [-0.25, -0.2) is 10.8 Å². The number of hydrogen-bond donors (Lipinski definition) is 2. The van der Waals surface area contributed by atoms with Gasteiger partial charge in [0.2, 0.25) is 0 Å². The van der Waals surface area contributed by atoms with Gasteiger partial charge < -0.3 is 15.2 Å². The van der Waals surface area contributed by atoms with Crippen LogP contribution in [0.5, 0.6) is 0 Å². The first kappa shape index (κ1) is 13.7. The van der Waals surface area contributed by atoms with Gasteiger partial charge in [0, 0.05) is 31.9 Å². The molecule has 2 aromatic rings. The Bertz CT molecular complexity index is 605. The fraction of sp³-hybridized carbons (Fsp3) is 0.312. The number of nitrogen functional groups attached to an aromatic ring is 1. The predicted octanol–water partition coefficient (Wildman–Crippen LogP) is 2.00. The van der Waals surface area contributed by atoms with Gasteiger partial charge in [-0.3, -0.25) is 0 Å². The largest absolute Gasteiger partial charge is 0.368 e. The normalized spacial score (nSPS) is 15.1. The van der Waals surface area contributed by atoms with Crippen molar-refractivity contribution in [2.75, 3.05) is 41.4 Å². The van der Waals surface area contributed by atoms with E-state index < -0.39 is 0 Å². The van der Waals surface area contributed by atoms with Gasteiger partial charge in [-0.05, 0) is 36.8 Å². The van der Waals surface area contributed by atoms with Crippen LogP contribution in [0.4, 0.5) is 17.3 Å². The minimum absolute atomic E-state index is 0.702. The fourth-order valence-corrected chi connectivity index (χ4v) is 2.70. The van der Waals surface area contributed by atoms with Crippen molar-refractivity contribution in [2.45, 2.75) is 6.92 Å². The van der Waals surface area contributed by atoms with Crippen LogP contribution in [-0.4, -0.2) is 31.2 Å². The van der Waals surface area contributed by atoms with Crippen LogP contribution in [0.1, 0.15) is 5.56 Å². The zero-order chi connectivity index (χ0) is 14.7. The molecule has 5 nitrogen and oxygen atoms in total. The topological polar surface area (TPSA) is 57.4 Å². The summed E-state index contributed by atoms with van der Waals surface area (Å²) in [5, 5.41) is 0. The Hall–Kier alpha value is -2.27. The van der Waals surface area contributed by atoms with E-state index in [0.717, 1.165) is 32.0 Å². The highest BCUT2D eigenvalue weighted by molar-refractivity contribution is 5.52. The Morgan fingerprint density at radius 3 is 2.43 bits per heavy atom. The molecule has 3 N–H and O–H groups in total. The zero-order valence-corrected chi connectivity index (χ0v) is 12.3. The summed E-state index contributed by atoms with van der Waals surface area (Å²) in [6.45, 7) is 6.08. The van der Waals surface area contributed by atoms with Crippen LogP contribution >= 0.6 is 0 Å². The molecule has 1 saturated heterocycles. The van der Waals surface area contributed by atoms with Crippen LogP contribution in [0.2, 0.25) is 0 Å². The number of benzene rings is 1. The molecule has 110 valence electrons. The van der Waals surface area contributed by atoms with Crippen molar-refractivity contribution in [3.63, 3.8) is 0 Å². The lowest BCUT2D eigenvalue weighted by Gasteiger charge is -2.37. The van der Waals surface area contributed by atoms with E-state index in [4.69, 9.17) is 5.84 Å². The first-order chi connectivity index (χ1) is 10.3. The molecule has 0 saturated carbocycles. The zero-order valence-electron chi connectivity index (χ0n) is 12.3. The molecule has 0 atom stereocenters. The highest BCUT2D eigenvalue weighted by Crippen LogP contribution is 2.20. The van der Waals surface area contributed by atoms with Gasteiger partial charge in [-0.1, -0.05) is 18.2 Å². The molecule has 0 bridgehead atoms. The first-order valence-corrected chi connectivity index (χ1v) is 7.26. The number of nitrogens with one attached hydrogen (secondary N) is 1. The molecule has 0 radical (unpaired) electrons. The number of anilines is 3. The molecule has 0 spiro atoms. The molecule has 0 aliphatic carbocycles. The van der Waals surface area contributed by atoms with Crippen molar-refractivity contribution in [1.82, 2.24) is 4.98 Å². The van der Waals surface area contributed by atoms with E-state index in [1.165, 1.54) is 11.3 Å². The number of aryl methyl sites for hydroxylation is 1. The summed E-state index contributed by atoms with van der Waals surface area (Å²) in [4.78, 5) is 9.22. The van der Waals surface area contributed by atoms with Crippen LogP contribution < -0.4 is 21.1 Å². The van der Waals surface area contributed by atoms with Gasteiger partial charge >= 0.3 is 0 Å². The molecule has 1 aromatic carbocycles. The molecular weight excluding hydrogens is 262 g/mol. The number of aromatic nitrogens is 1. The Morgan fingerprint density at radius 1 is 1.00 bits per heavy atom. The maximum atomic E-state index is 5.42. The van der Waals surface area contributed by atoms with E-state index in [2.05, 4.69) is 51.4 Å². The quantitative estimate of drug-likeness (QED) is 0.666. The van der Waals surface area contributed by atoms with E-state index in [-0.39, 0.29) is 0 Å². The third-order valence-electron chi connectivity index (χ3n) is 3.85. The van der Waals surface area contributed by atoms with Crippen molar-refractivity contribution in [3.05, 3.63) is 48.0 Å². The van der Waals surface area contributed by atoms with Gasteiger partial charge in [-0.2, -0.15) is 0 Å². The Balaban J connectivity index is 1.67. The maximum absolute atomic E-state index is 5.42. The summed E-state index contributed by atoms with van der Waals surface area (Å²) >= 11 is 0. The molecule has 21 heavy (non-hydrogen) atoms. The molecule has 1 aliphatic heterocycles. The van der Waals surface area contributed by atoms with Crippen LogP contribution in [-0.2, 0) is 0 Å². The smallest absolute Gasteiger partial charge is 0.142 e. The van der Waals surface area contributed by atoms with Crippen molar-refractivity contribution in [3.8, 4) is 0 Å². The molecule has 1 fully saturated rings. The summed E-state index contributed by atoms with van der Waals surface area (Å²) in [6.07, 6.45) is 0. The van der Waals surface area contributed by atoms with E-state index in [9.17, 15) is 0 Å². The minimum atomic E-state index is 0.702. The number of nitrogens with zero attached hydrogens (tertiary/aromatic N) is 3. The lowest BCUT2D eigenvalue weighted by molar-refractivity contribution is 0.647. The second kappa shape index (κ2) is 6.01. The van der Waals surface area contributed by atoms with Crippen molar-refractivity contribution < 1.29 is 0 Å².